The van der Waals surface area contributed by atoms with E-state index in [2.05, 4.69) is 10.3 Å². The minimum absolute atomic E-state index is 0.0329. The monoisotopic (exact) mass is 538 g/mol. The molecular weight excluding hydrogens is 513 g/mol. The molecule has 37 heavy (non-hydrogen) atoms. The van der Waals surface area contributed by atoms with Crippen LogP contribution in [-0.2, 0) is 15.3 Å². The number of amidine groups is 1. The predicted octanol–water partition coefficient (Wildman–Crippen LogP) is 2.00. The van der Waals surface area contributed by atoms with E-state index in [1.54, 1.807) is 22.4 Å². The zero-order valence-corrected chi connectivity index (χ0v) is 20.7. The van der Waals surface area contributed by atoms with Crippen LogP contribution in [0.3, 0.4) is 0 Å². The lowest BCUT2D eigenvalue weighted by Gasteiger charge is -2.37. The van der Waals surface area contributed by atoms with Gasteiger partial charge in [-0.2, -0.15) is 13.2 Å². The van der Waals surface area contributed by atoms with E-state index in [-0.39, 0.29) is 30.7 Å². The molecule has 0 radical (unpaired) electrons. The summed E-state index contributed by atoms with van der Waals surface area (Å²) < 4.78 is 44.6. The minimum Gasteiger partial charge on any atom is -0.377 e. The van der Waals surface area contributed by atoms with E-state index in [0.29, 0.717) is 30.1 Å². The summed E-state index contributed by atoms with van der Waals surface area (Å²) in [5.74, 6) is -3.15. The number of nitrogens with one attached hydrogen (secondary N) is 3. The van der Waals surface area contributed by atoms with Crippen LogP contribution in [0.1, 0.15) is 34.2 Å². The van der Waals surface area contributed by atoms with Crippen LogP contribution in [-0.4, -0.2) is 75.6 Å². The quantitative estimate of drug-likeness (QED) is 0.216. The number of alkyl halides is 3. The Morgan fingerprint density at radius 3 is 2.68 bits per heavy atom. The molecule has 198 valence electrons. The summed E-state index contributed by atoms with van der Waals surface area (Å²) in [5.41, 5.74) is -0.0717. The molecule has 1 aromatic carbocycles. The maximum atomic E-state index is 13.4. The Bertz CT molecular complexity index is 1320. The number of aliphatic hydroxyl groups is 1. The highest BCUT2D eigenvalue weighted by atomic mass is 32.1. The van der Waals surface area contributed by atoms with Gasteiger partial charge in [-0.25, -0.2) is 4.98 Å². The topological polar surface area (TPSA) is 132 Å². The largest absolute Gasteiger partial charge is 0.471 e. The van der Waals surface area contributed by atoms with E-state index in [9.17, 15) is 27.9 Å². The summed E-state index contributed by atoms with van der Waals surface area (Å²) in [5, 5.41) is 25.1. The SMILES string of the molecule is Cc1nc2sccn2c1C(=O)N1CCOCC1CNC(C)(O)c1ccc(C(=N)NC(=O)C(F)(F)F)cc1. The van der Waals surface area contributed by atoms with Crippen LogP contribution in [0.15, 0.2) is 35.8 Å². The first-order valence-corrected chi connectivity index (χ1v) is 12.1. The van der Waals surface area contributed by atoms with Crippen molar-refractivity contribution in [2.75, 3.05) is 26.3 Å². The Labute approximate surface area is 213 Å². The summed E-state index contributed by atoms with van der Waals surface area (Å²) in [6.07, 6.45) is -3.31. The molecule has 10 nitrogen and oxygen atoms in total. The van der Waals surface area contributed by atoms with Gasteiger partial charge < -0.3 is 20.1 Å². The average molecular weight is 539 g/mol. The van der Waals surface area contributed by atoms with Crippen LogP contribution in [0.2, 0.25) is 0 Å². The molecule has 2 amide bonds. The van der Waals surface area contributed by atoms with Crippen molar-refractivity contribution in [1.29, 1.82) is 5.41 Å². The van der Waals surface area contributed by atoms with E-state index in [4.69, 9.17) is 10.1 Å². The third-order valence-corrected chi connectivity index (χ3v) is 6.80. The van der Waals surface area contributed by atoms with Crippen LogP contribution >= 0.6 is 11.3 Å². The molecule has 4 rings (SSSR count). The zero-order chi connectivity index (χ0) is 27.0. The Hall–Kier alpha value is -3.33. The van der Waals surface area contributed by atoms with Crippen molar-refractivity contribution in [1.82, 2.24) is 24.9 Å². The molecule has 14 heteroatoms. The second-order valence-corrected chi connectivity index (χ2v) is 9.56. The van der Waals surface area contributed by atoms with Crippen molar-refractivity contribution in [3.05, 3.63) is 58.4 Å². The predicted molar refractivity (Wildman–Crippen MR) is 128 cm³/mol. The molecule has 0 spiro atoms. The molecule has 1 aliphatic heterocycles. The first-order chi connectivity index (χ1) is 17.4. The molecular formula is C23H25F3N6O4S. The number of morpholine rings is 1. The van der Waals surface area contributed by atoms with Gasteiger partial charge >= 0.3 is 12.1 Å². The molecule has 0 bridgehead atoms. The number of hydrogen-bond donors (Lipinski definition) is 4. The number of aromatic nitrogens is 2. The Morgan fingerprint density at radius 2 is 2.00 bits per heavy atom. The fourth-order valence-electron chi connectivity index (χ4n) is 4.02. The van der Waals surface area contributed by atoms with Crippen molar-refractivity contribution in [3.8, 4) is 0 Å². The van der Waals surface area contributed by atoms with Gasteiger partial charge in [-0.15, -0.1) is 11.3 Å². The number of halogens is 3. The van der Waals surface area contributed by atoms with Gasteiger partial charge in [0.05, 0.1) is 24.9 Å². The zero-order valence-electron chi connectivity index (χ0n) is 19.9. The normalized spacial score (nSPS) is 18.0. The van der Waals surface area contributed by atoms with Gasteiger partial charge in [0, 0.05) is 30.2 Å². The van der Waals surface area contributed by atoms with E-state index < -0.39 is 23.6 Å². The van der Waals surface area contributed by atoms with Gasteiger partial charge in [-0.3, -0.25) is 24.7 Å². The van der Waals surface area contributed by atoms with Crippen LogP contribution in [0.5, 0.6) is 0 Å². The van der Waals surface area contributed by atoms with E-state index >= 15 is 0 Å². The molecule has 2 aromatic heterocycles. The molecule has 0 aliphatic carbocycles. The summed E-state index contributed by atoms with van der Waals surface area (Å²) in [6.45, 7) is 4.46. The number of aryl methyl sites for hydroxylation is 1. The smallest absolute Gasteiger partial charge is 0.377 e. The maximum absolute atomic E-state index is 13.4. The van der Waals surface area contributed by atoms with Gasteiger partial charge in [0.15, 0.2) is 4.96 Å². The number of amides is 2. The van der Waals surface area contributed by atoms with Crippen LogP contribution in [0, 0.1) is 12.3 Å². The molecule has 1 aliphatic rings. The molecule has 2 atom stereocenters. The first-order valence-electron chi connectivity index (χ1n) is 11.2. The number of fused-ring (bicyclic) bond motifs is 1. The van der Waals surface area contributed by atoms with Crippen molar-refractivity contribution in [2.24, 2.45) is 0 Å². The first kappa shape index (κ1) is 26.7. The highest BCUT2D eigenvalue weighted by molar-refractivity contribution is 7.15. The lowest BCUT2D eigenvalue weighted by Crippen LogP contribution is -2.55. The Kier molecular flexibility index (Phi) is 7.37. The van der Waals surface area contributed by atoms with E-state index in [1.165, 1.54) is 47.8 Å². The lowest BCUT2D eigenvalue weighted by atomic mass is 10.0. The number of thiazole rings is 1. The van der Waals surface area contributed by atoms with Crippen molar-refractivity contribution in [2.45, 2.75) is 31.8 Å². The average Bonchev–Trinajstić information content (AvgIpc) is 3.42. The second kappa shape index (κ2) is 10.2. The van der Waals surface area contributed by atoms with Crippen molar-refractivity contribution < 1.29 is 32.6 Å². The second-order valence-electron chi connectivity index (χ2n) is 8.69. The molecule has 1 saturated heterocycles. The summed E-state index contributed by atoms with van der Waals surface area (Å²) >= 11 is 1.43. The van der Waals surface area contributed by atoms with Crippen molar-refractivity contribution in [3.63, 3.8) is 0 Å². The van der Waals surface area contributed by atoms with Crippen LogP contribution < -0.4 is 10.6 Å². The van der Waals surface area contributed by atoms with Gasteiger partial charge in [0.2, 0.25) is 0 Å². The standard InChI is InChI=1S/C23H25F3N6O4S/c1-13-17(32-8-10-37-21(32)29-13)19(33)31-7-9-36-12-16(31)11-28-22(2,35)15-5-3-14(4-6-15)18(27)30-20(34)23(24,25)26/h3-6,8,10,16,28,35H,7,9,11-12H2,1-2H3,(H2,27,30,34). The molecule has 3 aromatic rings. The number of hydrogen-bond acceptors (Lipinski definition) is 8. The van der Waals surface area contributed by atoms with Crippen LogP contribution in [0.25, 0.3) is 4.96 Å². The molecule has 1 fully saturated rings. The Morgan fingerprint density at radius 1 is 1.30 bits per heavy atom. The van der Waals surface area contributed by atoms with E-state index in [0.717, 1.165) is 4.96 Å². The number of rotatable bonds is 6. The summed E-state index contributed by atoms with van der Waals surface area (Å²) in [6, 6.07) is 5.11. The number of carbonyl (C=O) groups excluding carboxylic acids is 2. The minimum atomic E-state index is -5.11. The molecule has 4 N–H and O–H groups in total. The lowest BCUT2D eigenvalue weighted by molar-refractivity contribution is -0.171. The van der Waals surface area contributed by atoms with Gasteiger partial charge in [0.25, 0.3) is 5.91 Å². The molecule has 0 saturated carbocycles. The highest BCUT2D eigenvalue weighted by Gasteiger charge is 2.39. The Balaban J connectivity index is 1.43. The third-order valence-electron chi connectivity index (χ3n) is 6.04. The van der Waals surface area contributed by atoms with Crippen molar-refractivity contribution >= 4 is 33.9 Å². The number of carbonyl (C=O) groups is 2. The fraction of sp³-hybridized carbons (Fsp3) is 0.391. The third kappa shape index (κ3) is 5.66. The van der Waals surface area contributed by atoms with Gasteiger partial charge in [0.1, 0.15) is 17.3 Å². The number of benzene rings is 1. The molecule has 3 heterocycles. The maximum Gasteiger partial charge on any atom is 0.471 e. The summed E-state index contributed by atoms with van der Waals surface area (Å²) in [7, 11) is 0. The van der Waals surface area contributed by atoms with E-state index in [1.807, 2.05) is 5.38 Å². The summed E-state index contributed by atoms with van der Waals surface area (Å²) in [4.78, 5) is 31.4. The van der Waals surface area contributed by atoms with Crippen LogP contribution in [0.4, 0.5) is 13.2 Å². The number of ether oxygens (including phenoxy) is 1. The number of imidazole rings is 1. The highest BCUT2D eigenvalue weighted by Crippen LogP contribution is 2.22. The number of nitrogens with zero attached hydrogens (tertiary/aromatic N) is 3. The fourth-order valence-corrected chi connectivity index (χ4v) is 4.78. The van der Waals surface area contributed by atoms with Gasteiger partial charge in [-0.05, 0) is 19.4 Å². The van der Waals surface area contributed by atoms with Gasteiger partial charge in [-0.1, -0.05) is 24.3 Å². The molecule has 2 unspecified atom stereocenters.